The Kier molecular flexibility index (Phi) is 7.49. The molecular formula is C22H15BrClN3O4S2. The van der Waals surface area contributed by atoms with Gasteiger partial charge in [-0.3, -0.25) is 5.10 Å². The van der Waals surface area contributed by atoms with Gasteiger partial charge in [-0.2, -0.15) is 0 Å². The van der Waals surface area contributed by atoms with Gasteiger partial charge in [0.05, 0.1) is 17.1 Å². The monoisotopic (exact) mass is 563 g/mol. The van der Waals surface area contributed by atoms with E-state index in [1.807, 2.05) is 30.3 Å². The van der Waals surface area contributed by atoms with Gasteiger partial charge in [-0.1, -0.05) is 41.6 Å². The molecule has 2 aromatic carbocycles. The van der Waals surface area contributed by atoms with E-state index in [0.29, 0.717) is 33.0 Å². The number of carbonyl (C=O) groups is 1. The third-order valence-corrected chi connectivity index (χ3v) is 7.16. The molecular weight excluding hydrogens is 550 g/mol. The summed E-state index contributed by atoms with van der Waals surface area (Å²) in [6, 6.07) is 16.6. The number of aromatic amines is 1. The molecule has 0 spiro atoms. The minimum absolute atomic E-state index is 0.00359. The van der Waals surface area contributed by atoms with Crippen LogP contribution in [0.5, 0.6) is 5.75 Å². The van der Waals surface area contributed by atoms with Gasteiger partial charge in [0.25, 0.3) is 0 Å². The predicted molar refractivity (Wildman–Crippen MR) is 132 cm³/mol. The van der Waals surface area contributed by atoms with E-state index < -0.39 is 5.97 Å². The van der Waals surface area contributed by atoms with Crippen molar-refractivity contribution in [2.24, 2.45) is 0 Å². The van der Waals surface area contributed by atoms with Gasteiger partial charge in [0.1, 0.15) is 16.4 Å². The van der Waals surface area contributed by atoms with Crippen molar-refractivity contribution in [2.45, 2.75) is 15.1 Å². The van der Waals surface area contributed by atoms with Crippen molar-refractivity contribution in [3.05, 3.63) is 74.8 Å². The van der Waals surface area contributed by atoms with Gasteiger partial charge in [-0.25, -0.2) is 9.78 Å². The minimum Gasteiger partial charge on any atom is -0.496 e. The van der Waals surface area contributed by atoms with Gasteiger partial charge in [-0.15, -0.1) is 5.10 Å². The van der Waals surface area contributed by atoms with Crippen LogP contribution in [0.25, 0.3) is 17.5 Å². The first-order valence-corrected chi connectivity index (χ1v) is 12.1. The Labute approximate surface area is 210 Å². The number of benzene rings is 2. The van der Waals surface area contributed by atoms with Crippen LogP contribution in [0.2, 0.25) is 5.02 Å². The molecule has 2 heterocycles. The average Bonchev–Trinajstić information content (AvgIpc) is 3.40. The van der Waals surface area contributed by atoms with E-state index in [2.05, 4.69) is 31.1 Å². The molecule has 2 N–H and O–H groups in total. The second-order valence-electron chi connectivity index (χ2n) is 6.43. The first-order valence-electron chi connectivity index (χ1n) is 9.34. The summed E-state index contributed by atoms with van der Waals surface area (Å²) in [5, 5.41) is 18.0. The topological polar surface area (TPSA) is 101 Å². The van der Waals surface area contributed by atoms with Gasteiger partial charge >= 0.3 is 5.97 Å². The number of nitrogens with zero attached hydrogens (tertiary/aromatic N) is 2. The first kappa shape index (κ1) is 23.5. The zero-order chi connectivity index (χ0) is 23.4. The third-order valence-electron chi connectivity index (χ3n) is 4.20. The molecule has 0 amide bonds. The molecule has 168 valence electrons. The van der Waals surface area contributed by atoms with Crippen molar-refractivity contribution < 1.29 is 19.1 Å². The highest BCUT2D eigenvalue weighted by Crippen LogP contribution is 2.38. The zero-order valence-electron chi connectivity index (χ0n) is 16.9. The van der Waals surface area contributed by atoms with E-state index >= 15 is 0 Å². The maximum absolute atomic E-state index is 11.9. The molecule has 4 aromatic rings. The fraction of sp³-hybridized carbons (Fsp3) is 0.0455. The Morgan fingerprint density at radius 3 is 2.76 bits per heavy atom. The van der Waals surface area contributed by atoms with E-state index in [4.69, 9.17) is 20.8 Å². The van der Waals surface area contributed by atoms with E-state index in [9.17, 15) is 9.90 Å². The molecule has 0 aliphatic rings. The number of carboxylic acids is 1. The lowest BCUT2D eigenvalue weighted by Gasteiger charge is -2.05. The minimum atomic E-state index is -1.13. The summed E-state index contributed by atoms with van der Waals surface area (Å²) in [6.45, 7) is 0. The maximum atomic E-state index is 11.9. The SMILES string of the molecule is COc1ccc(Cl)cc1-c1nc(S/C(=C\c2cc(Br)c(Sc3ccccc3)o2)C(=O)O)n[nH]1. The Morgan fingerprint density at radius 1 is 1.24 bits per heavy atom. The van der Waals surface area contributed by atoms with Gasteiger partial charge in [0.15, 0.2) is 10.9 Å². The molecule has 0 saturated carbocycles. The standard InChI is InChI=1S/C22H15BrClN3O4S2/c1-30-17-8-7-12(24)9-15(17)19-25-22(27-26-19)33-18(20(28)29)11-13-10-16(23)21(31-13)32-14-5-3-2-4-6-14/h2-11H,1H3,(H,28,29)(H,25,26,27)/b18-11-. The quantitative estimate of drug-likeness (QED) is 0.177. The highest BCUT2D eigenvalue weighted by molar-refractivity contribution is 9.10. The van der Waals surface area contributed by atoms with Crippen molar-refractivity contribution in [3.8, 4) is 17.1 Å². The van der Waals surface area contributed by atoms with Crippen LogP contribution in [0.4, 0.5) is 0 Å². The number of hydrogen-bond acceptors (Lipinski definition) is 7. The number of methoxy groups -OCH3 is 1. The van der Waals surface area contributed by atoms with Crippen molar-refractivity contribution in [3.63, 3.8) is 0 Å². The summed E-state index contributed by atoms with van der Waals surface area (Å²) in [4.78, 5) is 17.2. The van der Waals surface area contributed by atoms with Gasteiger partial charge in [-0.05, 0) is 64.1 Å². The molecule has 11 heteroatoms. The normalized spacial score (nSPS) is 11.5. The summed E-state index contributed by atoms with van der Waals surface area (Å²) in [5.41, 5.74) is 0.614. The highest BCUT2D eigenvalue weighted by Gasteiger charge is 2.18. The van der Waals surface area contributed by atoms with E-state index in [-0.39, 0.29) is 10.1 Å². The number of furan rings is 1. The molecule has 0 unspecified atom stereocenters. The van der Waals surface area contributed by atoms with Crippen LogP contribution in [0, 0.1) is 0 Å². The molecule has 0 aliphatic carbocycles. The number of aromatic nitrogens is 3. The molecule has 2 aromatic heterocycles. The number of halogens is 2. The fourth-order valence-corrected chi connectivity index (χ4v) is 4.96. The summed E-state index contributed by atoms with van der Waals surface area (Å²) in [7, 11) is 1.54. The number of carboxylic acid groups (broad SMARTS) is 1. The molecule has 33 heavy (non-hydrogen) atoms. The number of nitrogens with one attached hydrogen (secondary N) is 1. The molecule has 0 aliphatic heterocycles. The van der Waals surface area contributed by atoms with Crippen LogP contribution in [-0.4, -0.2) is 33.4 Å². The van der Waals surface area contributed by atoms with E-state index in [1.54, 1.807) is 24.3 Å². The molecule has 0 radical (unpaired) electrons. The van der Waals surface area contributed by atoms with E-state index in [1.165, 1.54) is 24.9 Å². The van der Waals surface area contributed by atoms with Crippen LogP contribution < -0.4 is 4.74 Å². The van der Waals surface area contributed by atoms with Crippen molar-refractivity contribution in [1.82, 2.24) is 15.2 Å². The van der Waals surface area contributed by atoms with Crippen molar-refractivity contribution in [1.29, 1.82) is 0 Å². The first-order chi connectivity index (χ1) is 15.9. The second kappa shape index (κ2) is 10.5. The lowest BCUT2D eigenvalue weighted by Crippen LogP contribution is -1.97. The largest absolute Gasteiger partial charge is 0.496 e. The summed E-state index contributed by atoms with van der Waals surface area (Å²) in [6.07, 6.45) is 1.43. The van der Waals surface area contributed by atoms with Crippen molar-refractivity contribution >= 4 is 63.1 Å². The number of thioether (sulfide) groups is 1. The fourth-order valence-electron chi connectivity index (χ4n) is 2.75. The molecule has 4 rings (SSSR count). The average molecular weight is 565 g/mol. The Hall–Kier alpha value is -2.66. The van der Waals surface area contributed by atoms with E-state index in [0.717, 1.165) is 21.1 Å². The predicted octanol–water partition coefficient (Wildman–Crippen LogP) is 6.86. The lowest BCUT2D eigenvalue weighted by atomic mass is 10.2. The molecule has 0 bridgehead atoms. The maximum Gasteiger partial charge on any atom is 0.342 e. The Bertz CT molecular complexity index is 1320. The summed E-state index contributed by atoms with van der Waals surface area (Å²) in [5.74, 6) is 0.225. The van der Waals surface area contributed by atoms with Gasteiger partial charge < -0.3 is 14.3 Å². The smallest absolute Gasteiger partial charge is 0.342 e. The zero-order valence-corrected chi connectivity index (χ0v) is 20.9. The number of ether oxygens (including phenoxy) is 1. The highest BCUT2D eigenvalue weighted by atomic mass is 79.9. The molecule has 7 nitrogen and oxygen atoms in total. The van der Waals surface area contributed by atoms with Crippen LogP contribution in [0.1, 0.15) is 5.76 Å². The summed E-state index contributed by atoms with van der Waals surface area (Å²) < 4.78 is 11.9. The third kappa shape index (κ3) is 5.83. The summed E-state index contributed by atoms with van der Waals surface area (Å²) >= 11 is 11.9. The number of rotatable bonds is 8. The molecule has 0 atom stereocenters. The Balaban J connectivity index is 1.57. The van der Waals surface area contributed by atoms with Crippen LogP contribution in [0.15, 0.2) is 83.5 Å². The van der Waals surface area contributed by atoms with Gasteiger partial charge in [0, 0.05) is 16.0 Å². The lowest BCUT2D eigenvalue weighted by molar-refractivity contribution is -0.131. The van der Waals surface area contributed by atoms with Crippen LogP contribution >= 0.6 is 51.1 Å². The second-order valence-corrected chi connectivity index (χ2v) is 9.77. The number of aliphatic carboxylic acids is 1. The molecule has 0 saturated heterocycles. The molecule has 0 fully saturated rings. The Morgan fingerprint density at radius 2 is 2.03 bits per heavy atom. The number of H-pyrrole nitrogens is 1. The van der Waals surface area contributed by atoms with Crippen molar-refractivity contribution in [2.75, 3.05) is 7.11 Å². The van der Waals surface area contributed by atoms with Crippen LogP contribution in [0.3, 0.4) is 0 Å². The number of hydrogen-bond donors (Lipinski definition) is 2. The van der Waals surface area contributed by atoms with Gasteiger partial charge in [0.2, 0.25) is 5.16 Å². The van der Waals surface area contributed by atoms with Crippen LogP contribution in [-0.2, 0) is 4.79 Å².